The van der Waals surface area contributed by atoms with Crippen molar-refractivity contribution in [2.24, 2.45) is 33.6 Å². The van der Waals surface area contributed by atoms with Crippen molar-refractivity contribution < 1.29 is 19.7 Å². The highest BCUT2D eigenvalue weighted by molar-refractivity contribution is 6.36. The summed E-state index contributed by atoms with van der Waals surface area (Å²) in [6.45, 7) is 6.51. The molecule has 1 aromatic carbocycles. The van der Waals surface area contributed by atoms with Gasteiger partial charge in [0.2, 0.25) is 0 Å². The average Bonchev–Trinajstić information content (AvgIpc) is 3.40. The van der Waals surface area contributed by atoms with Crippen LogP contribution in [0.5, 0.6) is 5.75 Å². The molecule has 0 aromatic heterocycles. The number of aliphatic imine (C=N–C) groups is 1. The molecule has 1 spiro atoms. The van der Waals surface area contributed by atoms with Gasteiger partial charge in [-0.1, -0.05) is 48.7 Å². The summed E-state index contributed by atoms with van der Waals surface area (Å²) in [5, 5.41) is 22.9. The van der Waals surface area contributed by atoms with E-state index in [4.69, 9.17) is 32.7 Å². The van der Waals surface area contributed by atoms with Gasteiger partial charge < -0.3 is 19.7 Å². The Morgan fingerprint density at radius 2 is 1.81 bits per heavy atom. The van der Waals surface area contributed by atoms with Crippen molar-refractivity contribution in [1.29, 1.82) is 0 Å². The van der Waals surface area contributed by atoms with Gasteiger partial charge in [0.15, 0.2) is 5.79 Å². The fourth-order valence-electron chi connectivity index (χ4n) is 8.70. The first-order valence-corrected chi connectivity index (χ1v) is 14.2. The zero-order chi connectivity index (χ0) is 25.3. The van der Waals surface area contributed by atoms with Crippen molar-refractivity contribution in [1.82, 2.24) is 0 Å². The zero-order valence-electron chi connectivity index (χ0n) is 21.2. The van der Waals surface area contributed by atoms with E-state index < -0.39 is 5.60 Å². The predicted molar refractivity (Wildman–Crippen MR) is 142 cm³/mol. The van der Waals surface area contributed by atoms with E-state index in [1.54, 1.807) is 17.9 Å². The number of fused-ring (bicyclic) bond motifs is 5. The van der Waals surface area contributed by atoms with E-state index in [0.29, 0.717) is 48.1 Å². The van der Waals surface area contributed by atoms with E-state index in [2.05, 4.69) is 24.9 Å². The molecule has 2 N–H and O–H groups in total. The third-order valence-corrected chi connectivity index (χ3v) is 11.4. The Morgan fingerprint density at radius 1 is 1.06 bits per heavy atom. The summed E-state index contributed by atoms with van der Waals surface area (Å²) in [5.41, 5.74) is 1.19. The topological polar surface area (TPSA) is 71.3 Å². The number of nitrogens with zero attached hydrogens (tertiary/aromatic N) is 1. The number of allylic oxidation sites excluding steroid dienone is 1. The highest BCUT2D eigenvalue weighted by Gasteiger charge is 2.64. The lowest BCUT2D eigenvalue weighted by molar-refractivity contribution is -0.187. The second kappa shape index (κ2) is 8.71. The SMILES string of the molecule is C[C@]12CCC3(CC1=CC[C@H]1[C@H]2CC[C@@]2(C)[C@H]1CC[C@@]2(O)CN=Cc1cc(Cl)cc(Cl)c1O)OCCO3. The van der Waals surface area contributed by atoms with Gasteiger partial charge in [-0.05, 0) is 73.8 Å². The van der Waals surface area contributed by atoms with Crippen LogP contribution in [0.25, 0.3) is 0 Å². The number of phenolic OH excluding ortho intramolecular Hbond substituents is 1. The quantitative estimate of drug-likeness (QED) is 0.341. The van der Waals surface area contributed by atoms with Crippen LogP contribution in [-0.4, -0.2) is 47.6 Å². The van der Waals surface area contributed by atoms with Crippen molar-refractivity contribution in [3.63, 3.8) is 0 Å². The molecule has 7 heteroatoms. The number of phenols is 1. The van der Waals surface area contributed by atoms with Crippen LogP contribution in [0, 0.1) is 28.6 Å². The second-order valence-electron chi connectivity index (χ2n) is 12.4. The molecule has 1 aromatic rings. The summed E-state index contributed by atoms with van der Waals surface area (Å²) in [4.78, 5) is 4.61. The normalized spacial score (nSPS) is 41.2. The van der Waals surface area contributed by atoms with Gasteiger partial charge in [-0.3, -0.25) is 4.99 Å². The van der Waals surface area contributed by atoms with Crippen molar-refractivity contribution >= 4 is 29.4 Å². The van der Waals surface area contributed by atoms with E-state index in [-0.39, 0.29) is 27.4 Å². The lowest BCUT2D eigenvalue weighted by Crippen LogP contribution is -2.56. The molecule has 6 rings (SSSR count). The second-order valence-corrected chi connectivity index (χ2v) is 13.2. The Bertz CT molecular complexity index is 1110. The maximum Gasteiger partial charge on any atom is 0.172 e. The minimum Gasteiger partial charge on any atom is -0.506 e. The van der Waals surface area contributed by atoms with Crippen LogP contribution in [0.1, 0.15) is 70.8 Å². The predicted octanol–water partition coefficient (Wildman–Crippen LogP) is 6.55. The van der Waals surface area contributed by atoms with Gasteiger partial charge in [-0.2, -0.15) is 0 Å². The maximum atomic E-state index is 12.0. The summed E-state index contributed by atoms with van der Waals surface area (Å²) in [7, 11) is 0. The molecule has 1 aliphatic heterocycles. The Morgan fingerprint density at radius 3 is 2.58 bits per heavy atom. The minimum atomic E-state index is -0.857. The van der Waals surface area contributed by atoms with Crippen molar-refractivity contribution in [3.8, 4) is 5.75 Å². The Hall–Kier alpha value is -1.11. The van der Waals surface area contributed by atoms with Crippen LogP contribution < -0.4 is 0 Å². The molecule has 4 fully saturated rings. The van der Waals surface area contributed by atoms with Gasteiger partial charge in [0.05, 0.1) is 30.4 Å². The summed E-state index contributed by atoms with van der Waals surface area (Å²) >= 11 is 12.2. The van der Waals surface area contributed by atoms with Crippen LogP contribution in [0.2, 0.25) is 10.0 Å². The van der Waals surface area contributed by atoms with E-state index in [1.807, 2.05) is 0 Å². The summed E-state index contributed by atoms with van der Waals surface area (Å²) in [6, 6.07) is 3.15. The Kier molecular flexibility index (Phi) is 6.09. The molecule has 196 valence electrons. The van der Waals surface area contributed by atoms with Gasteiger partial charge in [0.1, 0.15) is 5.75 Å². The van der Waals surface area contributed by atoms with Gasteiger partial charge in [0.25, 0.3) is 0 Å². The molecule has 5 nitrogen and oxygen atoms in total. The summed E-state index contributed by atoms with van der Waals surface area (Å²) < 4.78 is 12.1. The standard InChI is InChI=1S/C29H37Cl2NO4/c1-26-9-10-29(35-11-12-36-29)15-19(26)3-4-21-22(26)5-7-27(2)23(21)6-8-28(27,34)17-32-16-18-13-20(30)14-24(31)25(18)33/h3,13-14,16,21-23,33-34H,4-12,15,17H2,1-2H3/t21-,22+,23-,26-,27-,28+/m0/s1. The van der Waals surface area contributed by atoms with Gasteiger partial charge in [0, 0.05) is 35.1 Å². The number of aromatic hydroxyl groups is 1. The molecule has 5 aliphatic rings. The third-order valence-electron chi connectivity index (χ3n) is 10.9. The molecule has 6 atom stereocenters. The van der Waals surface area contributed by atoms with E-state index in [9.17, 15) is 10.2 Å². The lowest BCUT2D eigenvalue weighted by Gasteiger charge is -2.59. The first-order chi connectivity index (χ1) is 17.1. The largest absolute Gasteiger partial charge is 0.506 e. The number of ether oxygens (including phenoxy) is 2. The molecule has 0 amide bonds. The van der Waals surface area contributed by atoms with Crippen LogP contribution in [0.3, 0.4) is 0 Å². The number of halogens is 2. The highest BCUT2D eigenvalue weighted by Crippen LogP contribution is 2.68. The van der Waals surface area contributed by atoms with Crippen molar-refractivity contribution in [2.75, 3.05) is 19.8 Å². The first-order valence-electron chi connectivity index (χ1n) is 13.5. The minimum absolute atomic E-state index is 0.0338. The van der Waals surface area contributed by atoms with Gasteiger partial charge in [-0.25, -0.2) is 0 Å². The number of rotatable bonds is 3. The number of aliphatic hydroxyl groups is 1. The molecule has 0 bridgehead atoms. The van der Waals surface area contributed by atoms with Crippen LogP contribution in [-0.2, 0) is 9.47 Å². The molecule has 0 radical (unpaired) electrons. The average molecular weight is 535 g/mol. The molecule has 1 saturated heterocycles. The van der Waals surface area contributed by atoms with Crippen molar-refractivity contribution in [2.45, 2.75) is 76.6 Å². The fraction of sp³-hybridized carbons (Fsp3) is 0.690. The molecule has 4 aliphatic carbocycles. The van der Waals surface area contributed by atoms with Crippen LogP contribution in [0.15, 0.2) is 28.8 Å². The molecular weight excluding hydrogens is 497 g/mol. The highest BCUT2D eigenvalue weighted by atomic mass is 35.5. The molecule has 3 saturated carbocycles. The molecule has 36 heavy (non-hydrogen) atoms. The van der Waals surface area contributed by atoms with E-state index in [1.165, 1.54) is 6.07 Å². The molecule has 1 heterocycles. The third kappa shape index (κ3) is 3.71. The number of hydrogen-bond acceptors (Lipinski definition) is 5. The lowest BCUT2D eigenvalue weighted by atomic mass is 9.46. The van der Waals surface area contributed by atoms with E-state index in [0.717, 1.165) is 51.4 Å². The summed E-state index contributed by atoms with van der Waals surface area (Å²) in [6.07, 6.45) is 12.1. The number of hydrogen-bond donors (Lipinski definition) is 2. The fourth-order valence-corrected chi connectivity index (χ4v) is 9.21. The van der Waals surface area contributed by atoms with Gasteiger partial charge in [-0.15, -0.1) is 0 Å². The Balaban J connectivity index is 1.21. The smallest absolute Gasteiger partial charge is 0.172 e. The monoisotopic (exact) mass is 533 g/mol. The maximum absolute atomic E-state index is 12.0. The Labute approximate surface area is 223 Å². The van der Waals surface area contributed by atoms with E-state index >= 15 is 0 Å². The van der Waals surface area contributed by atoms with Crippen LogP contribution in [0.4, 0.5) is 0 Å². The van der Waals surface area contributed by atoms with Crippen LogP contribution >= 0.6 is 23.2 Å². The zero-order valence-corrected chi connectivity index (χ0v) is 22.7. The summed E-state index contributed by atoms with van der Waals surface area (Å²) in [5.74, 6) is 1.30. The number of benzene rings is 1. The molecular formula is C29H37Cl2NO4. The molecule has 0 unspecified atom stereocenters. The van der Waals surface area contributed by atoms with Crippen molar-refractivity contribution in [3.05, 3.63) is 39.4 Å². The van der Waals surface area contributed by atoms with Gasteiger partial charge >= 0.3 is 0 Å². The first kappa shape index (κ1) is 25.2.